The summed E-state index contributed by atoms with van der Waals surface area (Å²) in [5.74, 6) is -1.85. The molecule has 4 aromatic rings. The zero-order valence-electron chi connectivity index (χ0n) is 16.2. The van der Waals surface area contributed by atoms with Crippen molar-refractivity contribution in [2.24, 2.45) is 0 Å². The molecule has 30 heavy (non-hydrogen) atoms. The van der Waals surface area contributed by atoms with Gasteiger partial charge in [0.05, 0.1) is 29.7 Å². The number of benzene rings is 2. The summed E-state index contributed by atoms with van der Waals surface area (Å²) in [4.78, 5) is 28.4. The van der Waals surface area contributed by atoms with Crippen molar-refractivity contribution in [2.75, 3.05) is 5.32 Å². The molecule has 0 spiro atoms. The molecule has 0 saturated carbocycles. The molecule has 6 nitrogen and oxygen atoms in total. The van der Waals surface area contributed by atoms with Crippen molar-refractivity contribution >= 4 is 17.6 Å². The molecule has 0 unspecified atom stereocenters. The van der Waals surface area contributed by atoms with Crippen LogP contribution in [-0.4, -0.2) is 16.9 Å². The van der Waals surface area contributed by atoms with Crippen LogP contribution in [0.25, 0.3) is 22.3 Å². The molecule has 2 aromatic carbocycles. The van der Waals surface area contributed by atoms with Gasteiger partial charge in [-0.2, -0.15) is 0 Å². The fraction of sp³-hybridized carbons (Fsp3) is 0. The fourth-order valence-corrected chi connectivity index (χ4v) is 2.98. The van der Waals surface area contributed by atoms with Crippen molar-refractivity contribution in [3.05, 3.63) is 96.7 Å². The first kappa shape index (κ1) is 21.5. The Balaban J connectivity index is 0.00000256. The van der Waals surface area contributed by atoms with Gasteiger partial charge in [0.15, 0.2) is 0 Å². The number of nitrogens with one attached hydrogen (secondary N) is 1. The van der Waals surface area contributed by atoms with Gasteiger partial charge in [-0.25, -0.2) is 0 Å². The molecular weight excluding hydrogens is 391 g/mol. The van der Waals surface area contributed by atoms with E-state index in [1.54, 1.807) is 30.5 Å². The van der Waals surface area contributed by atoms with Gasteiger partial charge in [0.25, 0.3) is 5.91 Å². The van der Waals surface area contributed by atoms with Crippen LogP contribution in [0.15, 0.2) is 90.0 Å². The molecule has 2 aromatic heterocycles. The van der Waals surface area contributed by atoms with Crippen LogP contribution in [0.3, 0.4) is 0 Å². The SMILES string of the molecule is O=C(Nc1cc(-c2ccoc2)ccc1C(=O)[O-])c1cncc(-c2ccccc2)c1.[Na+]. The average molecular weight is 406 g/mol. The molecule has 1 N–H and O–H groups in total. The fourth-order valence-electron chi connectivity index (χ4n) is 2.98. The number of hydrogen-bond acceptors (Lipinski definition) is 5. The number of furan rings is 1. The van der Waals surface area contributed by atoms with E-state index < -0.39 is 11.9 Å². The number of amides is 1. The van der Waals surface area contributed by atoms with E-state index in [2.05, 4.69) is 10.3 Å². The van der Waals surface area contributed by atoms with Gasteiger partial charge in [-0.15, -0.1) is 0 Å². The van der Waals surface area contributed by atoms with Gasteiger partial charge in [0.1, 0.15) is 0 Å². The molecule has 0 aliphatic rings. The van der Waals surface area contributed by atoms with Crippen molar-refractivity contribution in [3.63, 3.8) is 0 Å². The third-order valence-electron chi connectivity index (χ3n) is 4.45. The summed E-state index contributed by atoms with van der Waals surface area (Å²) in [7, 11) is 0. The van der Waals surface area contributed by atoms with Gasteiger partial charge < -0.3 is 19.6 Å². The van der Waals surface area contributed by atoms with Gasteiger partial charge in [-0.05, 0) is 29.3 Å². The molecule has 0 bridgehead atoms. The van der Waals surface area contributed by atoms with Crippen LogP contribution in [0.2, 0.25) is 0 Å². The Hall–Kier alpha value is -3.19. The third kappa shape index (κ3) is 4.68. The van der Waals surface area contributed by atoms with Crippen molar-refractivity contribution in [1.29, 1.82) is 0 Å². The van der Waals surface area contributed by atoms with E-state index in [-0.39, 0.29) is 40.8 Å². The van der Waals surface area contributed by atoms with E-state index in [1.165, 1.54) is 24.8 Å². The predicted molar refractivity (Wildman–Crippen MR) is 106 cm³/mol. The molecule has 0 fully saturated rings. The van der Waals surface area contributed by atoms with Crippen LogP contribution in [0.4, 0.5) is 5.69 Å². The molecule has 0 radical (unpaired) electrons. The number of aromatic carboxylic acids is 1. The number of carbonyl (C=O) groups is 2. The van der Waals surface area contributed by atoms with Crippen LogP contribution in [0.5, 0.6) is 0 Å². The summed E-state index contributed by atoms with van der Waals surface area (Å²) < 4.78 is 5.07. The second-order valence-corrected chi connectivity index (χ2v) is 6.34. The Labute approximate surface area is 194 Å². The van der Waals surface area contributed by atoms with E-state index in [4.69, 9.17) is 4.42 Å². The summed E-state index contributed by atoms with van der Waals surface area (Å²) in [6, 6.07) is 17.6. The minimum absolute atomic E-state index is 0. The predicted octanol–water partition coefficient (Wildman–Crippen LogP) is 0.628. The number of pyridine rings is 1. The Morgan fingerprint density at radius 1 is 0.867 bits per heavy atom. The number of carbonyl (C=O) groups excluding carboxylic acids is 2. The van der Waals surface area contributed by atoms with Crippen molar-refractivity contribution < 1.29 is 48.7 Å². The summed E-state index contributed by atoms with van der Waals surface area (Å²) in [5, 5.41) is 14.1. The number of aromatic nitrogens is 1. The Morgan fingerprint density at radius 3 is 2.37 bits per heavy atom. The van der Waals surface area contributed by atoms with Crippen LogP contribution in [0, 0.1) is 0 Å². The summed E-state index contributed by atoms with van der Waals surface area (Å²) in [6.45, 7) is 0. The minimum atomic E-state index is -1.38. The van der Waals surface area contributed by atoms with Crippen molar-refractivity contribution in [3.8, 4) is 22.3 Å². The quantitative estimate of drug-likeness (QED) is 0.491. The van der Waals surface area contributed by atoms with Crippen LogP contribution < -0.4 is 40.0 Å². The normalized spacial score (nSPS) is 10.1. The van der Waals surface area contributed by atoms with Crippen LogP contribution >= 0.6 is 0 Å². The molecule has 0 saturated heterocycles. The maximum Gasteiger partial charge on any atom is 1.00 e. The van der Waals surface area contributed by atoms with Gasteiger partial charge in [-0.3, -0.25) is 9.78 Å². The Bertz CT molecular complexity index is 1180. The molecular formula is C23H15N2NaO4. The van der Waals surface area contributed by atoms with E-state index in [1.807, 2.05) is 30.3 Å². The first-order valence-electron chi connectivity index (χ1n) is 8.81. The number of anilines is 1. The average Bonchev–Trinajstić information content (AvgIpc) is 3.29. The number of carboxylic acid groups (broad SMARTS) is 1. The third-order valence-corrected chi connectivity index (χ3v) is 4.45. The molecule has 0 atom stereocenters. The van der Waals surface area contributed by atoms with Crippen molar-refractivity contribution in [1.82, 2.24) is 4.98 Å². The van der Waals surface area contributed by atoms with Crippen LogP contribution in [0.1, 0.15) is 20.7 Å². The van der Waals surface area contributed by atoms with E-state index in [0.717, 1.165) is 16.7 Å². The monoisotopic (exact) mass is 406 g/mol. The van der Waals surface area contributed by atoms with E-state index in [9.17, 15) is 14.7 Å². The van der Waals surface area contributed by atoms with Gasteiger partial charge in [-0.1, -0.05) is 42.5 Å². The zero-order chi connectivity index (χ0) is 20.2. The molecule has 4 rings (SSSR count). The van der Waals surface area contributed by atoms with E-state index in [0.29, 0.717) is 11.1 Å². The zero-order valence-corrected chi connectivity index (χ0v) is 18.2. The standard InChI is InChI=1S/C23H16N2O4.Na/c26-22(19-10-18(12-24-13-19)15-4-2-1-3-5-15)25-21-11-16(17-8-9-29-14-17)6-7-20(21)23(27)28;/h1-14H,(H,25,26)(H,27,28);/q;+1/p-1. The second-order valence-electron chi connectivity index (χ2n) is 6.34. The molecule has 0 aliphatic heterocycles. The maximum atomic E-state index is 12.8. The number of nitrogens with zero attached hydrogens (tertiary/aromatic N) is 1. The second kappa shape index (κ2) is 9.54. The number of carboxylic acids is 1. The first-order valence-corrected chi connectivity index (χ1v) is 8.81. The maximum absolute atomic E-state index is 12.8. The summed E-state index contributed by atoms with van der Waals surface area (Å²) in [6.07, 6.45) is 6.15. The van der Waals surface area contributed by atoms with Crippen LogP contribution in [-0.2, 0) is 0 Å². The van der Waals surface area contributed by atoms with E-state index >= 15 is 0 Å². The number of rotatable bonds is 5. The first-order chi connectivity index (χ1) is 14.1. The number of hydrogen-bond donors (Lipinski definition) is 1. The molecule has 142 valence electrons. The molecule has 0 aliphatic carbocycles. The molecule has 1 amide bonds. The summed E-state index contributed by atoms with van der Waals surface area (Å²) >= 11 is 0. The Kier molecular flexibility index (Phi) is 6.84. The van der Waals surface area contributed by atoms with Gasteiger partial charge in [0.2, 0.25) is 0 Å². The molecule has 2 heterocycles. The summed E-state index contributed by atoms with van der Waals surface area (Å²) in [5.41, 5.74) is 3.51. The van der Waals surface area contributed by atoms with Crippen molar-refractivity contribution in [2.45, 2.75) is 0 Å². The minimum Gasteiger partial charge on any atom is -0.545 e. The Morgan fingerprint density at radius 2 is 1.67 bits per heavy atom. The molecule has 7 heteroatoms. The largest absolute Gasteiger partial charge is 1.00 e. The van der Waals surface area contributed by atoms with Gasteiger partial charge in [0, 0.05) is 29.1 Å². The smallest absolute Gasteiger partial charge is 0.545 e. The van der Waals surface area contributed by atoms with Gasteiger partial charge >= 0.3 is 29.6 Å². The topological polar surface area (TPSA) is 95.3 Å².